The summed E-state index contributed by atoms with van der Waals surface area (Å²) in [6, 6.07) is 0.0767. The molecule has 0 bridgehead atoms. The summed E-state index contributed by atoms with van der Waals surface area (Å²) in [5.41, 5.74) is 6.60. The molecule has 0 aliphatic carbocycles. The van der Waals surface area contributed by atoms with Crippen molar-refractivity contribution in [2.45, 2.75) is 12.5 Å². The van der Waals surface area contributed by atoms with Crippen molar-refractivity contribution in [1.82, 2.24) is 24.6 Å². The van der Waals surface area contributed by atoms with E-state index >= 15 is 0 Å². The van der Waals surface area contributed by atoms with Gasteiger partial charge in [0.15, 0.2) is 11.5 Å². The van der Waals surface area contributed by atoms with Crippen LogP contribution in [0.2, 0.25) is 0 Å². The number of fused-ring (bicyclic) bond motifs is 1. The second-order valence-electron chi connectivity index (χ2n) is 4.93. The van der Waals surface area contributed by atoms with Crippen LogP contribution in [-0.4, -0.2) is 50.7 Å². The number of hydrogen-bond donors (Lipinski definition) is 2. The van der Waals surface area contributed by atoms with E-state index in [2.05, 4.69) is 27.0 Å². The van der Waals surface area contributed by atoms with Crippen LogP contribution in [0, 0.1) is 0 Å². The number of hydrogen-bond acceptors (Lipinski definition) is 6. The molecule has 2 aromatic rings. The molecule has 1 amide bonds. The predicted molar refractivity (Wildman–Crippen MR) is 79.7 cm³/mol. The van der Waals surface area contributed by atoms with Gasteiger partial charge in [-0.15, -0.1) is 0 Å². The third-order valence-electron chi connectivity index (χ3n) is 3.75. The van der Waals surface area contributed by atoms with Crippen molar-refractivity contribution in [3.05, 3.63) is 19.0 Å². The highest BCUT2D eigenvalue weighted by molar-refractivity contribution is 5.95. The highest BCUT2D eigenvalue weighted by Gasteiger charge is 2.29. The molecule has 8 heteroatoms. The smallest absolute Gasteiger partial charge is 0.246 e. The molecule has 0 radical (unpaired) electrons. The van der Waals surface area contributed by atoms with Gasteiger partial charge in [-0.2, -0.15) is 5.10 Å². The molecule has 3 rings (SSSR count). The molecule has 1 aliphatic heterocycles. The lowest BCUT2D eigenvalue weighted by molar-refractivity contribution is -0.125. The summed E-state index contributed by atoms with van der Waals surface area (Å²) in [5.74, 6) is 0.987. The van der Waals surface area contributed by atoms with Gasteiger partial charge in [0.1, 0.15) is 17.5 Å². The molecule has 110 valence electrons. The Kier molecular flexibility index (Phi) is 3.20. The van der Waals surface area contributed by atoms with Gasteiger partial charge >= 0.3 is 0 Å². The highest BCUT2D eigenvalue weighted by Crippen LogP contribution is 2.30. The van der Waals surface area contributed by atoms with E-state index in [0.29, 0.717) is 35.8 Å². The van der Waals surface area contributed by atoms with Crippen molar-refractivity contribution in [3.8, 4) is 0 Å². The fraction of sp³-hybridized carbons (Fsp3) is 0.385. The summed E-state index contributed by atoms with van der Waals surface area (Å²) >= 11 is 0. The van der Waals surface area contributed by atoms with Crippen LogP contribution in [0.4, 0.5) is 11.6 Å². The first kappa shape index (κ1) is 13.3. The number of nitrogens with two attached hydrogens (primary N) is 1. The molecule has 8 nitrogen and oxygen atoms in total. The number of likely N-dealkylation sites (tertiary alicyclic amines) is 1. The number of anilines is 2. The maximum absolute atomic E-state index is 11.7. The Labute approximate surface area is 121 Å². The lowest BCUT2D eigenvalue weighted by atomic mass is 10.2. The van der Waals surface area contributed by atoms with Crippen molar-refractivity contribution in [1.29, 1.82) is 0 Å². The van der Waals surface area contributed by atoms with Crippen molar-refractivity contribution < 1.29 is 4.79 Å². The first-order valence-corrected chi connectivity index (χ1v) is 6.73. The van der Waals surface area contributed by atoms with Crippen LogP contribution >= 0.6 is 0 Å². The Morgan fingerprint density at radius 2 is 2.38 bits per heavy atom. The van der Waals surface area contributed by atoms with E-state index in [9.17, 15) is 4.79 Å². The number of nitrogens with one attached hydrogen (secondary N) is 1. The Hall–Kier alpha value is -2.64. The van der Waals surface area contributed by atoms with E-state index in [1.165, 1.54) is 12.4 Å². The summed E-state index contributed by atoms with van der Waals surface area (Å²) in [5, 5.41) is 8.26. The van der Waals surface area contributed by atoms with E-state index in [1.807, 2.05) is 4.68 Å². The second-order valence-corrected chi connectivity index (χ2v) is 4.93. The molecule has 0 spiro atoms. The number of carbonyl (C=O) groups excluding carboxylic acids is 1. The molecule has 2 aromatic heterocycles. The maximum atomic E-state index is 11.7. The average molecular weight is 287 g/mol. The van der Waals surface area contributed by atoms with E-state index in [4.69, 9.17) is 5.73 Å². The average Bonchev–Trinajstić information content (AvgIpc) is 3.11. The Balaban J connectivity index is 2.00. The van der Waals surface area contributed by atoms with Gasteiger partial charge in [0.25, 0.3) is 0 Å². The van der Waals surface area contributed by atoms with E-state index < -0.39 is 0 Å². The summed E-state index contributed by atoms with van der Waals surface area (Å²) in [7, 11) is 1.78. The van der Waals surface area contributed by atoms with Gasteiger partial charge in [0.05, 0.1) is 6.04 Å². The van der Waals surface area contributed by atoms with Crippen molar-refractivity contribution >= 4 is 28.6 Å². The first-order chi connectivity index (χ1) is 10.2. The van der Waals surface area contributed by atoms with Crippen molar-refractivity contribution in [3.63, 3.8) is 0 Å². The number of aromatic nitrogens is 4. The standard InChI is InChI=1S/C13H17N7O/c1-3-9(21)19-5-4-8(6-19)20-13-10(12(15-2)18-20)11(14)16-7-17-13/h3,7-8H,1,4-6H2,2H3,(H,15,18)(H2,14,16,17)/t8-/m1/s1. The monoisotopic (exact) mass is 287 g/mol. The fourth-order valence-corrected chi connectivity index (χ4v) is 2.70. The van der Waals surface area contributed by atoms with Crippen LogP contribution in [0.3, 0.4) is 0 Å². The number of carbonyl (C=O) groups is 1. The molecular weight excluding hydrogens is 270 g/mol. The molecule has 3 N–H and O–H groups in total. The van der Waals surface area contributed by atoms with Crippen LogP contribution in [0.5, 0.6) is 0 Å². The molecule has 0 unspecified atom stereocenters. The summed E-state index contributed by atoms with van der Waals surface area (Å²) in [6.45, 7) is 4.80. The molecule has 21 heavy (non-hydrogen) atoms. The lowest BCUT2D eigenvalue weighted by Crippen LogP contribution is -2.27. The number of nitrogens with zero attached hydrogens (tertiary/aromatic N) is 5. The van der Waals surface area contributed by atoms with Gasteiger partial charge in [-0.3, -0.25) is 4.79 Å². The molecule has 1 saturated heterocycles. The minimum absolute atomic E-state index is 0.0584. The molecule has 3 heterocycles. The van der Waals surface area contributed by atoms with Gasteiger partial charge in [0.2, 0.25) is 5.91 Å². The zero-order chi connectivity index (χ0) is 15.0. The number of nitrogen functional groups attached to an aromatic ring is 1. The Bertz CT molecular complexity index is 708. The van der Waals surface area contributed by atoms with Crippen LogP contribution in [0.15, 0.2) is 19.0 Å². The minimum Gasteiger partial charge on any atom is -0.383 e. The Morgan fingerprint density at radius 3 is 3.10 bits per heavy atom. The molecule has 0 saturated carbocycles. The quantitative estimate of drug-likeness (QED) is 0.793. The van der Waals surface area contributed by atoms with Crippen LogP contribution in [0.1, 0.15) is 12.5 Å². The number of amides is 1. The normalized spacial score (nSPS) is 18.1. The Morgan fingerprint density at radius 1 is 1.57 bits per heavy atom. The highest BCUT2D eigenvalue weighted by atomic mass is 16.2. The van der Waals surface area contributed by atoms with Gasteiger partial charge in [-0.1, -0.05) is 6.58 Å². The van der Waals surface area contributed by atoms with E-state index in [0.717, 1.165) is 6.42 Å². The van der Waals surface area contributed by atoms with Crippen molar-refractivity contribution in [2.24, 2.45) is 0 Å². The largest absolute Gasteiger partial charge is 0.383 e. The van der Waals surface area contributed by atoms with Crippen LogP contribution in [-0.2, 0) is 4.79 Å². The fourth-order valence-electron chi connectivity index (χ4n) is 2.70. The first-order valence-electron chi connectivity index (χ1n) is 6.73. The van der Waals surface area contributed by atoms with E-state index in [-0.39, 0.29) is 11.9 Å². The summed E-state index contributed by atoms with van der Waals surface area (Å²) in [4.78, 5) is 21.7. The van der Waals surface area contributed by atoms with Crippen LogP contribution < -0.4 is 11.1 Å². The third-order valence-corrected chi connectivity index (χ3v) is 3.75. The SMILES string of the molecule is C=CC(=O)N1CC[C@@H](n2nc(NC)c3c(N)ncnc32)C1. The third kappa shape index (κ3) is 2.08. The topological polar surface area (TPSA) is 102 Å². The molecule has 1 aliphatic rings. The zero-order valence-electron chi connectivity index (χ0n) is 11.8. The second kappa shape index (κ2) is 5.04. The maximum Gasteiger partial charge on any atom is 0.246 e. The minimum atomic E-state index is -0.0584. The van der Waals surface area contributed by atoms with Gasteiger partial charge in [-0.25, -0.2) is 14.6 Å². The zero-order valence-corrected chi connectivity index (χ0v) is 11.8. The van der Waals surface area contributed by atoms with E-state index in [1.54, 1.807) is 11.9 Å². The molecular formula is C13H17N7O. The number of rotatable bonds is 3. The van der Waals surface area contributed by atoms with Crippen LogP contribution in [0.25, 0.3) is 11.0 Å². The summed E-state index contributed by atoms with van der Waals surface area (Å²) < 4.78 is 1.83. The van der Waals surface area contributed by atoms with Gasteiger partial charge in [0, 0.05) is 20.1 Å². The summed E-state index contributed by atoms with van der Waals surface area (Å²) in [6.07, 6.45) is 3.59. The van der Waals surface area contributed by atoms with Gasteiger partial charge in [-0.05, 0) is 12.5 Å². The molecule has 0 aromatic carbocycles. The lowest BCUT2D eigenvalue weighted by Gasteiger charge is -2.14. The molecule has 1 atom stereocenters. The predicted octanol–water partition coefficient (Wildman–Crippen LogP) is 0.410. The molecule has 1 fully saturated rings. The van der Waals surface area contributed by atoms with Crippen molar-refractivity contribution in [2.75, 3.05) is 31.2 Å². The van der Waals surface area contributed by atoms with Gasteiger partial charge < -0.3 is 16.0 Å².